The lowest BCUT2D eigenvalue weighted by Crippen LogP contribution is -2.44. The van der Waals surface area contributed by atoms with Crippen LogP contribution in [-0.2, 0) is 12.8 Å². The highest BCUT2D eigenvalue weighted by atomic mass is 16.5. The molecule has 6 heteroatoms. The minimum absolute atomic E-state index is 0.0369. The van der Waals surface area contributed by atoms with E-state index in [1.54, 1.807) is 0 Å². The van der Waals surface area contributed by atoms with E-state index >= 15 is 0 Å². The first-order chi connectivity index (χ1) is 16.9. The van der Waals surface area contributed by atoms with Gasteiger partial charge in [-0.15, -0.1) is 0 Å². The summed E-state index contributed by atoms with van der Waals surface area (Å²) in [6, 6.07) is 7.88. The van der Waals surface area contributed by atoms with Crippen molar-refractivity contribution >= 4 is 11.8 Å². The van der Waals surface area contributed by atoms with Gasteiger partial charge in [0.25, 0.3) is 11.8 Å². The highest BCUT2D eigenvalue weighted by Gasteiger charge is 2.59. The molecule has 0 unspecified atom stereocenters. The van der Waals surface area contributed by atoms with Crippen LogP contribution < -0.4 is 4.74 Å². The van der Waals surface area contributed by atoms with Crippen molar-refractivity contribution in [3.8, 4) is 5.75 Å². The van der Waals surface area contributed by atoms with Gasteiger partial charge in [-0.25, -0.2) is 4.98 Å². The molecule has 1 aromatic carbocycles. The molecule has 0 spiro atoms. The lowest BCUT2D eigenvalue weighted by molar-refractivity contribution is 0.0629. The fourth-order valence-corrected chi connectivity index (χ4v) is 6.99. The molecule has 2 saturated heterocycles. The highest BCUT2D eigenvalue weighted by molar-refractivity contribution is 5.95. The normalized spacial score (nSPS) is 26.6. The summed E-state index contributed by atoms with van der Waals surface area (Å²) in [6.07, 6.45) is 4.19. The van der Waals surface area contributed by atoms with Gasteiger partial charge >= 0.3 is 0 Å². The van der Waals surface area contributed by atoms with Gasteiger partial charge in [0.1, 0.15) is 11.4 Å². The van der Waals surface area contributed by atoms with Crippen molar-refractivity contribution in [1.29, 1.82) is 0 Å². The number of rotatable bonds is 4. The number of fused-ring (bicyclic) bond motifs is 5. The molecule has 0 radical (unpaired) electrons. The Morgan fingerprint density at radius 3 is 2.14 bits per heavy atom. The summed E-state index contributed by atoms with van der Waals surface area (Å²) in [5.74, 6) is 3.02. The number of benzene rings is 1. The molecule has 6 rings (SSSR count). The summed E-state index contributed by atoms with van der Waals surface area (Å²) < 4.78 is 5.91. The van der Waals surface area contributed by atoms with Crippen molar-refractivity contribution in [3.05, 3.63) is 57.9 Å². The van der Waals surface area contributed by atoms with Gasteiger partial charge in [-0.1, -0.05) is 6.07 Å². The van der Waals surface area contributed by atoms with Gasteiger partial charge < -0.3 is 14.5 Å². The number of carbonyl (C=O) groups is 2. The molecule has 2 amide bonds. The van der Waals surface area contributed by atoms with Gasteiger partial charge in [0.2, 0.25) is 0 Å². The van der Waals surface area contributed by atoms with E-state index in [0.717, 1.165) is 74.4 Å². The van der Waals surface area contributed by atoms with Crippen molar-refractivity contribution in [2.24, 2.45) is 23.7 Å². The molecule has 184 valence electrons. The lowest BCUT2D eigenvalue weighted by atomic mass is 9.60. The molecule has 3 heterocycles. The molecule has 2 aliphatic carbocycles. The van der Waals surface area contributed by atoms with Crippen molar-refractivity contribution in [1.82, 2.24) is 14.8 Å². The van der Waals surface area contributed by atoms with E-state index in [4.69, 9.17) is 9.72 Å². The Kier molecular flexibility index (Phi) is 5.58. The minimum atomic E-state index is 0.0369. The highest BCUT2D eigenvalue weighted by Crippen LogP contribution is 2.54. The molecular formula is C29H35N3O3. The van der Waals surface area contributed by atoms with Gasteiger partial charge in [0, 0.05) is 49.1 Å². The van der Waals surface area contributed by atoms with Crippen LogP contribution >= 0.6 is 0 Å². The number of amides is 2. The zero-order valence-corrected chi connectivity index (χ0v) is 21.0. The summed E-state index contributed by atoms with van der Waals surface area (Å²) in [6.45, 7) is 9.89. The quantitative estimate of drug-likeness (QED) is 0.672. The standard InChI is InChI=1S/C29H35N3O3/c1-4-35-27-12-26(30-25-8-6-5-7-20(25)27)29(34)32-15-23-21-13-31(14-22(21)24(23)16-32)28(33)19-10-9-17(2)18(3)11-19/h9-12,21-24H,4-8,13-16H2,1-3H3/t21-,22+,23+,24-. The lowest BCUT2D eigenvalue weighted by Gasteiger charge is -2.42. The van der Waals surface area contributed by atoms with E-state index in [1.165, 1.54) is 11.1 Å². The van der Waals surface area contributed by atoms with Crippen LogP contribution in [0.2, 0.25) is 0 Å². The largest absolute Gasteiger partial charge is 0.493 e. The summed E-state index contributed by atoms with van der Waals surface area (Å²) in [5.41, 5.74) is 5.94. The number of aromatic nitrogens is 1. The third-order valence-corrected chi connectivity index (χ3v) is 9.03. The molecule has 0 bridgehead atoms. The van der Waals surface area contributed by atoms with E-state index in [9.17, 15) is 9.59 Å². The van der Waals surface area contributed by atoms with E-state index in [0.29, 0.717) is 36.0 Å². The van der Waals surface area contributed by atoms with Crippen LogP contribution in [0.3, 0.4) is 0 Å². The molecule has 0 N–H and O–H groups in total. The molecule has 4 aliphatic rings. The summed E-state index contributed by atoms with van der Waals surface area (Å²) in [5, 5.41) is 0. The number of nitrogens with zero attached hydrogens (tertiary/aromatic N) is 3. The molecule has 35 heavy (non-hydrogen) atoms. The van der Waals surface area contributed by atoms with Gasteiger partial charge in [0.05, 0.1) is 6.61 Å². The Labute approximate surface area is 207 Å². The number of hydrogen-bond donors (Lipinski definition) is 0. The molecule has 1 aromatic heterocycles. The van der Waals surface area contributed by atoms with Gasteiger partial charge in [-0.3, -0.25) is 9.59 Å². The second kappa shape index (κ2) is 8.65. The minimum Gasteiger partial charge on any atom is -0.493 e. The third-order valence-electron chi connectivity index (χ3n) is 9.03. The summed E-state index contributed by atoms with van der Waals surface area (Å²) in [4.78, 5) is 35.5. The van der Waals surface area contributed by atoms with Gasteiger partial charge in [0.15, 0.2) is 0 Å². The fraction of sp³-hybridized carbons (Fsp3) is 0.552. The smallest absolute Gasteiger partial charge is 0.272 e. The first-order valence-electron chi connectivity index (χ1n) is 13.3. The Bertz CT molecular complexity index is 1170. The topological polar surface area (TPSA) is 62.7 Å². The number of aryl methyl sites for hydroxylation is 3. The van der Waals surface area contributed by atoms with E-state index in [-0.39, 0.29) is 11.8 Å². The number of ether oxygens (including phenoxy) is 1. The molecule has 4 atom stereocenters. The first kappa shape index (κ1) is 22.6. The Balaban J connectivity index is 1.14. The number of carbonyl (C=O) groups excluding carboxylic acids is 2. The molecule has 2 aliphatic heterocycles. The second-order valence-electron chi connectivity index (χ2n) is 10.9. The van der Waals surface area contributed by atoms with Crippen LogP contribution in [0.4, 0.5) is 0 Å². The van der Waals surface area contributed by atoms with E-state index in [2.05, 4.69) is 13.8 Å². The van der Waals surface area contributed by atoms with Crippen LogP contribution in [-0.4, -0.2) is 59.4 Å². The molecule has 2 aromatic rings. The Morgan fingerprint density at radius 2 is 1.51 bits per heavy atom. The number of hydrogen-bond acceptors (Lipinski definition) is 4. The van der Waals surface area contributed by atoms with E-state index in [1.807, 2.05) is 41.0 Å². The van der Waals surface area contributed by atoms with Crippen LogP contribution in [0, 0.1) is 37.5 Å². The fourth-order valence-electron chi connectivity index (χ4n) is 6.99. The van der Waals surface area contributed by atoms with Crippen LogP contribution in [0.1, 0.15) is 63.0 Å². The van der Waals surface area contributed by atoms with Crippen molar-refractivity contribution in [3.63, 3.8) is 0 Å². The maximum atomic E-state index is 13.5. The van der Waals surface area contributed by atoms with Crippen LogP contribution in [0.25, 0.3) is 0 Å². The Morgan fingerprint density at radius 1 is 0.886 bits per heavy atom. The predicted octanol–water partition coefficient (Wildman–Crippen LogP) is 4.07. The Hall–Kier alpha value is -2.89. The third kappa shape index (κ3) is 3.73. The predicted molar refractivity (Wildman–Crippen MR) is 134 cm³/mol. The monoisotopic (exact) mass is 473 g/mol. The van der Waals surface area contributed by atoms with Crippen LogP contribution in [0.15, 0.2) is 24.3 Å². The summed E-state index contributed by atoms with van der Waals surface area (Å²) in [7, 11) is 0. The average molecular weight is 474 g/mol. The van der Waals surface area contributed by atoms with Gasteiger partial charge in [-0.05, 0) is 93.4 Å². The SMILES string of the molecule is CCOc1cc(C(=O)N2C[C@@H]3[C@H]4CN(C(=O)c5ccc(C)c(C)c5)C[C@H]4[C@@H]3C2)nc2c1CCCC2. The second-order valence-corrected chi connectivity index (χ2v) is 10.9. The zero-order chi connectivity index (χ0) is 24.3. The molecule has 1 saturated carbocycles. The molecule has 3 fully saturated rings. The average Bonchev–Trinajstić information content (AvgIpc) is 3.43. The number of likely N-dealkylation sites (tertiary alicyclic amines) is 2. The maximum Gasteiger partial charge on any atom is 0.272 e. The molecular weight excluding hydrogens is 438 g/mol. The summed E-state index contributed by atoms with van der Waals surface area (Å²) >= 11 is 0. The number of pyridine rings is 1. The van der Waals surface area contributed by atoms with E-state index < -0.39 is 0 Å². The molecule has 6 nitrogen and oxygen atoms in total. The maximum absolute atomic E-state index is 13.5. The first-order valence-corrected chi connectivity index (χ1v) is 13.3. The van der Waals surface area contributed by atoms with Crippen LogP contribution in [0.5, 0.6) is 5.75 Å². The van der Waals surface area contributed by atoms with Crippen molar-refractivity contribution in [2.45, 2.75) is 46.5 Å². The zero-order valence-electron chi connectivity index (χ0n) is 21.0. The van der Waals surface area contributed by atoms with Gasteiger partial charge in [-0.2, -0.15) is 0 Å². The van der Waals surface area contributed by atoms with Crippen molar-refractivity contribution < 1.29 is 14.3 Å². The van der Waals surface area contributed by atoms with Crippen molar-refractivity contribution in [2.75, 3.05) is 32.8 Å².